The Balaban J connectivity index is 1.57. The van der Waals surface area contributed by atoms with E-state index < -0.39 is 35.3 Å². The van der Waals surface area contributed by atoms with Crippen LogP contribution in [-0.2, 0) is 9.47 Å². The van der Waals surface area contributed by atoms with Gasteiger partial charge in [-0.15, -0.1) is 24.5 Å². The molecule has 0 aliphatic carbocycles. The lowest BCUT2D eigenvalue weighted by atomic mass is 10.1. The van der Waals surface area contributed by atoms with Crippen molar-refractivity contribution in [1.29, 1.82) is 0 Å². The van der Waals surface area contributed by atoms with Crippen LogP contribution in [0.15, 0.2) is 21.4 Å². The fourth-order valence-electron chi connectivity index (χ4n) is 4.97. The highest BCUT2D eigenvalue weighted by molar-refractivity contribution is 7.07. The number of amides is 1. The van der Waals surface area contributed by atoms with Gasteiger partial charge in [-0.25, -0.2) is 14.6 Å². The average molecular weight is 569 g/mol. The quantitative estimate of drug-likeness (QED) is 0.363. The van der Waals surface area contributed by atoms with Crippen LogP contribution < -0.4 is 9.64 Å². The van der Waals surface area contributed by atoms with Crippen molar-refractivity contribution in [2.24, 2.45) is 0 Å². The molecule has 4 heterocycles. The van der Waals surface area contributed by atoms with Gasteiger partial charge in [-0.05, 0) is 46.6 Å². The summed E-state index contributed by atoms with van der Waals surface area (Å²) < 4.78 is 61.4. The van der Waals surface area contributed by atoms with E-state index in [1.165, 1.54) is 17.4 Å². The highest BCUT2D eigenvalue weighted by Crippen LogP contribution is 2.43. The van der Waals surface area contributed by atoms with Crippen LogP contribution in [0.2, 0.25) is 0 Å². The van der Waals surface area contributed by atoms with Gasteiger partial charge >= 0.3 is 18.4 Å². The molecule has 1 amide bonds. The fraction of sp³-hybridized carbons (Fsp3) is 0.520. The van der Waals surface area contributed by atoms with Crippen molar-refractivity contribution >= 4 is 40.5 Å². The standard InChI is InChI=1S/C25H27F3N4O6S/c1-5-35-21(33)16-8-15(17-11-39-12-29-17)19-18(20(16)37-25(26,27)28)30-22(36-19)31-9-13-6-7-14(10-31)32(13)23(34)38-24(2,3)4/h8,11-14H,5-7,9-10H2,1-4H3. The predicted octanol–water partition coefficient (Wildman–Crippen LogP) is 5.61. The fourth-order valence-corrected chi connectivity index (χ4v) is 5.52. The molecule has 2 bridgehead atoms. The number of hydrogen-bond acceptors (Lipinski definition) is 10. The van der Waals surface area contributed by atoms with E-state index >= 15 is 0 Å². The van der Waals surface area contributed by atoms with Crippen molar-refractivity contribution in [3.8, 4) is 17.0 Å². The van der Waals surface area contributed by atoms with Gasteiger partial charge < -0.3 is 23.5 Å². The molecule has 210 valence electrons. The monoisotopic (exact) mass is 568 g/mol. The highest BCUT2D eigenvalue weighted by atomic mass is 32.1. The second kappa shape index (κ2) is 9.88. The number of carbonyl (C=O) groups excluding carboxylic acids is 2. The van der Waals surface area contributed by atoms with E-state index in [0.717, 1.165) is 12.8 Å². The van der Waals surface area contributed by atoms with Crippen LogP contribution in [-0.4, -0.2) is 70.7 Å². The Hall–Kier alpha value is -3.55. The number of piperazine rings is 1. The average Bonchev–Trinajstić information content (AvgIpc) is 3.56. The van der Waals surface area contributed by atoms with Gasteiger partial charge in [0.15, 0.2) is 16.8 Å². The Bertz CT molecular complexity index is 1370. The lowest BCUT2D eigenvalue weighted by Gasteiger charge is -2.40. The molecule has 0 radical (unpaired) electrons. The van der Waals surface area contributed by atoms with Gasteiger partial charge in [0.25, 0.3) is 6.01 Å². The molecule has 14 heteroatoms. The Morgan fingerprint density at radius 3 is 2.44 bits per heavy atom. The van der Waals surface area contributed by atoms with Crippen LogP contribution in [0.25, 0.3) is 22.4 Å². The molecule has 0 spiro atoms. The van der Waals surface area contributed by atoms with Crippen molar-refractivity contribution in [1.82, 2.24) is 14.9 Å². The number of rotatable bonds is 5. The first-order valence-electron chi connectivity index (χ1n) is 12.4. The molecule has 2 saturated heterocycles. The number of hydrogen-bond donors (Lipinski definition) is 0. The molecule has 1 aromatic carbocycles. The van der Waals surface area contributed by atoms with Crippen molar-refractivity contribution in [2.45, 2.75) is 64.6 Å². The number of anilines is 1. The zero-order chi connectivity index (χ0) is 28.1. The van der Waals surface area contributed by atoms with Crippen molar-refractivity contribution < 1.29 is 41.4 Å². The summed E-state index contributed by atoms with van der Waals surface area (Å²) in [6.07, 6.45) is -4.04. The van der Waals surface area contributed by atoms with Gasteiger partial charge in [0.1, 0.15) is 11.2 Å². The number of carbonyl (C=O) groups is 2. The summed E-state index contributed by atoms with van der Waals surface area (Å²) in [7, 11) is 0. The lowest BCUT2D eigenvalue weighted by molar-refractivity contribution is -0.274. The van der Waals surface area contributed by atoms with Crippen LogP contribution in [0.4, 0.5) is 24.0 Å². The summed E-state index contributed by atoms with van der Waals surface area (Å²) in [6, 6.07) is 0.894. The van der Waals surface area contributed by atoms with Gasteiger partial charge in [0, 0.05) is 24.0 Å². The molecule has 10 nitrogen and oxygen atoms in total. The number of oxazole rings is 1. The van der Waals surface area contributed by atoms with Crippen molar-refractivity contribution in [3.05, 3.63) is 22.5 Å². The third-order valence-corrected chi connectivity index (χ3v) is 6.97. The van der Waals surface area contributed by atoms with E-state index in [2.05, 4.69) is 14.7 Å². The molecule has 2 aliphatic rings. The number of esters is 1. The van der Waals surface area contributed by atoms with E-state index in [-0.39, 0.29) is 41.4 Å². The lowest BCUT2D eigenvalue weighted by Crippen LogP contribution is -2.56. The third kappa shape index (κ3) is 5.47. The summed E-state index contributed by atoms with van der Waals surface area (Å²) >= 11 is 1.27. The number of nitrogens with zero attached hydrogens (tertiary/aromatic N) is 4. The molecule has 2 atom stereocenters. The zero-order valence-corrected chi connectivity index (χ0v) is 22.5. The van der Waals surface area contributed by atoms with E-state index in [1.807, 2.05) is 0 Å². The second-order valence-corrected chi connectivity index (χ2v) is 11.0. The maximum absolute atomic E-state index is 13.5. The molecule has 2 unspecified atom stereocenters. The molecule has 3 aromatic rings. The maximum Gasteiger partial charge on any atom is 0.573 e. The van der Waals surface area contributed by atoms with Gasteiger partial charge in [0.05, 0.1) is 29.9 Å². The van der Waals surface area contributed by atoms with Crippen LogP contribution in [0, 0.1) is 0 Å². The maximum atomic E-state index is 13.5. The van der Waals surface area contributed by atoms with Crippen LogP contribution in [0.1, 0.15) is 50.9 Å². The zero-order valence-electron chi connectivity index (χ0n) is 21.7. The highest BCUT2D eigenvalue weighted by Gasteiger charge is 2.45. The topological polar surface area (TPSA) is 107 Å². The van der Waals surface area contributed by atoms with E-state index in [9.17, 15) is 22.8 Å². The largest absolute Gasteiger partial charge is 0.573 e. The molecule has 0 saturated carbocycles. The number of fused-ring (bicyclic) bond motifs is 3. The number of thiazole rings is 1. The Labute approximate surface area is 225 Å². The van der Waals surface area contributed by atoms with Gasteiger partial charge in [-0.1, -0.05) is 0 Å². The molecule has 5 rings (SSSR count). The summed E-state index contributed by atoms with van der Waals surface area (Å²) in [5.41, 5.74) is 0.841. The first-order chi connectivity index (χ1) is 18.3. The Kier molecular flexibility index (Phi) is 6.85. The normalized spacial score (nSPS) is 19.5. The summed E-state index contributed by atoms with van der Waals surface area (Å²) in [4.78, 5) is 37.7. The number of aromatic nitrogens is 2. The third-order valence-electron chi connectivity index (χ3n) is 6.39. The minimum Gasteiger partial charge on any atom is -0.462 e. The molecule has 39 heavy (non-hydrogen) atoms. The minimum atomic E-state index is -5.10. The molecule has 2 fully saturated rings. The smallest absolute Gasteiger partial charge is 0.462 e. The first-order valence-corrected chi connectivity index (χ1v) is 13.3. The van der Waals surface area contributed by atoms with Gasteiger partial charge in [-0.3, -0.25) is 4.90 Å². The van der Waals surface area contributed by atoms with Crippen molar-refractivity contribution in [2.75, 3.05) is 24.6 Å². The van der Waals surface area contributed by atoms with Gasteiger partial charge in [-0.2, -0.15) is 4.98 Å². The molecular formula is C25H27F3N4O6S. The van der Waals surface area contributed by atoms with Crippen LogP contribution in [0.3, 0.4) is 0 Å². The minimum absolute atomic E-state index is 0.00915. The van der Waals surface area contributed by atoms with Crippen molar-refractivity contribution in [3.63, 3.8) is 0 Å². The second-order valence-electron chi connectivity index (χ2n) is 10.3. The Morgan fingerprint density at radius 2 is 1.87 bits per heavy atom. The molecule has 0 N–H and O–H groups in total. The van der Waals surface area contributed by atoms with E-state index in [0.29, 0.717) is 18.8 Å². The number of halogens is 3. The van der Waals surface area contributed by atoms with Crippen LogP contribution in [0.5, 0.6) is 5.75 Å². The van der Waals surface area contributed by atoms with E-state index in [1.54, 1.807) is 48.4 Å². The number of alkyl halides is 3. The number of benzene rings is 1. The summed E-state index contributed by atoms with van der Waals surface area (Å²) in [5, 5.41) is 1.68. The Morgan fingerprint density at radius 1 is 1.18 bits per heavy atom. The predicted molar refractivity (Wildman–Crippen MR) is 135 cm³/mol. The summed E-state index contributed by atoms with van der Waals surface area (Å²) in [5.74, 6) is -1.80. The molecule has 2 aliphatic heterocycles. The SMILES string of the molecule is CCOC(=O)c1cc(-c2cscn2)c2oc(N3CC4CCC(C3)N4C(=O)OC(C)(C)C)nc2c1OC(F)(F)F. The summed E-state index contributed by atoms with van der Waals surface area (Å²) in [6.45, 7) is 7.57. The molecular weight excluding hydrogens is 541 g/mol. The number of ether oxygens (including phenoxy) is 3. The van der Waals surface area contributed by atoms with Crippen LogP contribution >= 0.6 is 11.3 Å². The first kappa shape index (κ1) is 27.0. The molecule has 2 aromatic heterocycles. The van der Waals surface area contributed by atoms with E-state index in [4.69, 9.17) is 13.9 Å². The van der Waals surface area contributed by atoms with Gasteiger partial charge in [0.2, 0.25) is 0 Å².